The molecule has 0 amide bonds. The summed E-state index contributed by atoms with van der Waals surface area (Å²) in [5.74, 6) is 0. The summed E-state index contributed by atoms with van der Waals surface area (Å²) in [7, 11) is 0. The van der Waals surface area contributed by atoms with Gasteiger partial charge in [-0.25, -0.2) is 0 Å². The molecular weight excluding hydrogens is 577 g/mol. The van der Waals surface area contributed by atoms with Crippen molar-refractivity contribution in [1.82, 2.24) is 0 Å². The van der Waals surface area contributed by atoms with E-state index in [-0.39, 0.29) is 0 Å². The summed E-state index contributed by atoms with van der Waals surface area (Å²) in [6.07, 6.45) is 0. The minimum Gasteiger partial charge on any atom is -0.0622 e. The van der Waals surface area contributed by atoms with E-state index in [1.165, 1.54) is 109 Å². The van der Waals surface area contributed by atoms with Crippen molar-refractivity contribution in [2.75, 3.05) is 0 Å². The van der Waals surface area contributed by atoms with Gasteiger partial charge in [-0.2, -0.15) is 0 Å². The fraction of sp³-hybridized carbons (Fsp3) is 0. The van der Waals surface area contributed by atoms with Crippen molar-refractivity contribution in [3.63, 3.8) is 0 Å². The molecule has 220 valence electrons. The van der Waals surface area contributed by atoms with Crippen LogP contribution >= 0.6 is 0 Å². The zero-order chi connectivity index (χ0) is 31.3. The van der Waals surface area contributed by atoms with E-state index in [0.717, 1.165) is 0 Å². The molecule has 10 aromatic rings. The predicted octanol–water partition coefficient (Wildman–Crippen LogP) is 13.5. The zero-order valence-corrected chi connectivity index (χ0v) is 26.2. The zero-order valence-electron chi connectivity index (χ0n) is 26.2. The SMILES string of the molecule is c1ccc(-c2c3c(c(-c4ccccc4)c4ccccc24)-c2ccc(-c4cc5cccc6ccc7cccc4c7c65)c4cccc-3c24)cc1. The first-order valence-corrected chi connectivity index (χ1v) is 16.8. The summed E-state index contributed by atoms with van der Waals surface area (Å²) >= 11 is 0. The molecule has 0 radical (unpaired) electrons. The summed E-state index contributed by atoms with van der Waals surface area (Å²) in [5.41, 5.74) is 13.0. The standard InChI is InChI=1S/C48H28/c1-3-12-29(13-4-1)44-36-19-7-8-20-37(36)45(30-14-5-2-6-15-30)48-40-27-26-34(35-22-11-23-39(46(35)40)47(44)48)41-28-33-18-9-16-31-24-25-32-17-10-21-38(41)43(32)42(31)33/h1-28H. The van der Waals surface area contributed by atoms with Gasteiger partial charge in [0.15, 0.2) is 0 Å². The Hall–Kier alpha value is -6.24. The summed E-state index contributed by atoms with van der Waals surface area (Å²) in [6.45, 7) is 0. The van der Waals surface area contributed by atoms with E-state index in [9.17, 15) is 0 Å². The molecule has 11 rings (SSSR count). The smallest absolute Gasteiger partial charge is 0.000741 e. The lowest BCUT2D eigenvalue weighted by molar-refractivity contribution is 1.62. The molecule has 0 saturated carbocycles. The topological polar surface area (TPSA) is 0 Å². The van der Waals surface area contributed by atoms with Crippen LogP contribution in [0.25, 0.3) is 109 Å². The van der Waals surface area contributed by atoms with Gasteiger partial charge in [0.25, 0.3) is 0 Å². The lowest BCUT2D eigenvalue weighted by Gasteiger charge is -2.20. The van der Waals surface area contributed by atoms with Gasteiger partial charge in [-0.15, -0.1) is 0 Å². The lowest BCUT2D eigenvalue weighted by atomic mass is 9.82. The van der Waals surface area contributed by atoms with Crippen LogP contribution in [0.4, 0.5) is 0 Å². The van der Waals surface area contributed by atoms with E-state index in [0.29, 0.717) is 0 Å². The molecule has 0 bridgehead atoms. The van der Waals surface area contributed by atoms with Crippen molar-refractivity contribution in [2.45, 2.75) is 0 Å². The van der Waals surface area contributed by atoms with Gasteiger partial charge in [0.1, 0.15) is 0 Å². The number of hydrogen-bond acceptors (Lipinski definition) is 0. The molecular formula is C48H28. The van der Waals surface area contributed by atoms with Crippen LogP contribution in [0.5, 0.6) is 0 Å². The molecule has 10 aromatic carbocycles. The van der Waals surface area contributed by atoms with Crippen molar-refractivity contribution >= 4 is 53.9 Å². The summed E-state index contributed by atoms with van der Waals surface area (Å²) in [6, 6.07) is 63.2. The molecule has 0 heteroatoms. The Morgan fingerprint density at radius 3 is 1.38 bits per heavy atom. The Bertz CT molecular complexity index is 2820. The number of rotatable bonds is 3. The van der Waals surface area contributed by atoms with Crippen LogP contribution in [0.2, 0.25) is 0 Å². The molecule has 0 fully saturated rings. The predicted molar refractivity (Wildman–Crippen MR) is 206 cm³/mol. The Balaban J connectivity index is 1.30. The fourth-order valence-corrected chi connectivity index (χ4v) is 8.83. The summed E-state index contributed by atoms with van der Waals surface area (Å²) < 4.78 is 0. The Kier molecular flexibility index (Phi) is 5.20. The lowest BCUT2D eigenvalue weighted by Crippen LogP contribution is -1.93. The number of hydrogen-bond donors (Lipinski definition) is 0. The van der Waals surface area contributed by atoms with E-state index < -0.39 is 0 Å². The van der Waals surface area contributed by atoms with Gasteiger partial charge in [-0.1, -0.05) is 164 Å². The summed E-state index contributed by atoms with van der Waals surface area (Å²) in [5, 5.41) is 13.2. The first-order chi connectivity index (χ1) is 23.8. The number of fused-ring (bicyclic) bond motifs is 4. The van der Waals surface area contributed by atoms with Crippen LogP contribution in [0.15, 0.2) is 170 Å². The molecule has 0 nitrogen and oxygen atoms in total. The van der Waals surface area contributed by atoms with Crippen LogP contribution in [0, 0.1) is 0 Å². The van der Waals surface area contributed by atoms with E-state index in [4.69, 9.17) is 0 Å². The van der Waals surface area contributed by atoms with Crippen molar-refractivity contribution in [3.8, 4) is 55.6 Å². The molecule has 0 unspecified atom stereocenters. The van der Waals surface area contributed by atoms with Crippen LogP contribution in [-0.4, -0.2) is 0 Å². The molecule has 0 spiro atoms. The second kappa shape index (κ2) is 9.64. The fourth-order valence-electron chi connectivity index (χ4n) is 8.83. The van der Waals surface area contributed by atoms with Crippen molar-refractivity contribution in [3.05, 3.63) is 170 Å². The highest BCUT2D eigenvalue weighted by molar-refractivity contribution is 6.31. The van der Waals surface area contributed by atoms with Gasteiger partial charge in [0.05, 0.1) is 0 Å². The van der Waals surface area contributed by atoms with Crippen LogP contribution in [0.3, 0.4) is 0 Å². The van der Waals surface area contributed by atoms with Crippen LogP contribution in [-0.2, 0) is 0 Å². The van der Waals surface area contributed by atoms with Crippen LogP contribution in [0.1, 0.15) is 0 Å². The van der Waals surface area contributed by atoms with E-state index in [1.807, 2.05) is 0 Å². The maximum atomic E-state index is 2.43. The molecule has 0 heterocycles. The minimum absolute atomic E-state index is 1.25. The minimum atomic E-state index is 1.25. The van der Waals surface area contributed by atoms with Gasteiger partial charge in [-0.3, -0.25) is 0 Å². The highest BCUT2D eigenvalue weighted by Gasteiger charge is 2.31. The van der Waals surface area contributed by atoms with Crippen molar-refractivity contribution < 1.29 is 0 Å². The van der Waals surface area contributed by atoms with Gasteiger partial charge in [0, 0.05) is 0 Å². The molecule has 0 aromatic heterocycles. The largest absolute Gasteiger partial charge is 0.0622 e. The Labute approximate surface area is 278 Å². The highest BCUT2D eigenvalue weighted by atomic mass is 14.3. The third-order valence-electron chi connectivity index (χ3n) is 10.7. The van der Waals surface area contributed by atoms with Crippen molar-refractivity contribution in [1.29, 1.82) is 0 Å². The molecule has 48 heavy (non-hydrogen) atoms. The number of benzene rings is 10. The third kappa shape index (κ3) is 3.39. The quantitative estimate of drug-likeness (QED) is 0.176. The molecule has 1 aliphatic carbocycles. The molecule has 0 aliphatic heterocycles. The molecule has 1 aliphatic rings. The van der Waals surface area contributed by atoms with E-state index >= 15 is 0 Å². The summed E-state index contributed by atoms with van der Waals surface area (Å²) in [4.78, 5) is 0. The van der Waals surface area contributed by atoms with Gasteiger partial charge in [-0.05, 0) is 116 Å². The average Bonchev–Trinajstić information content (AvgIpc) is 3.48. The molecule has 0 saturated heterocycles. The first kappa shape index (κ1) is 25.9. The maximum Gasteiger partial charge on any atom is -0.000741 e. The van der Waals surface area contributed by atoms with E-state index in [1.54, 1.807) is 0 Å². The average molecular weight is 605 g/mol. The second-order valence-corrected chi connectivity index (χ2v) is 13.1. The Morgan fingerprint density at radius 1 is 0.229 bits per heavy atom. The van der Waals surface area contributed by atoms with Gasteiger partial charge in [0.2, 0.25) is 0 Å². The normalized spacial score (nSPS) is 12.2. The Morgan fingerprint density at radius 2 is 0.708 bits per heavy atom. The highest BCUT2D eigenvalue weighted by Crippen LogP contribution is 2.58. The molecule has 0 N–H and O–H groups in total. The second-order valence-electron chi connectivity index (χ2n) is 13.1. The maximum absolute atomic E-state index is 2.43. The van der Waals surface area contributed by atoms with Gasteiger partial charge < -0.3 is 0 Å². The van der Waals surface area contributed by atoms with Crippen molar-refractivity contribution in [2.24, 2.45) is 0 Å². The van der Waals surface area contributed by atoms with Gasteiger partial charge >= 0.3 is 0 Å². The van der Waals surface area contributed by atoms with Crippen LogP contribution < -0.4 is 0 Å². The van der Waals surface area contributed by atoms with E-state index in [2.05, 4.69) is 170 Å². The monoisotopic (exact) mass is 604 g/mol. The first-order valence-electron chi connectivity index (χ1n) is 16.8. The third-order valence-corrected chi connectivity index (χ3v) is 10.7. The molecule has 0 atom stereocenters.